The molecule has 1 aromatic heterocycles. The Morgan fingerprint density at radius 3 is 1.89 bits per heavy atom. The van der Waals surface area contributed by atoms with Gasteiger partial charge >= 0.3 is 17.9 Å². The molecule has 0 fully saturated rings. The van der Waals surface area contributed by atoms with E-state index in [4.69, 9.17) is 21.7 Å². The van der Waals surface area contributed by atoms with Crippen LogP contribution in [0.3, 0.4) is 0 Å². The number of carbonyl (C=O) groups is 7. The van der Waals surface area contributed by atoms with Gasteiger partial charge in [-0.15, -0.1) is 0 Å². The predicted molar refractivity (Wildman–Crippen MR) is 121 cm³/mol. The van der Waals surface area contributed by atoms with Crippen LogP contribution in [0, 0.1) is 0 Å². The Bertz CT molecular complexity index is 998. The number of hydrogen-bond acceptors (Lipinski definition) is 9. The minimum absolute atomic E-state index is 0.199. The summed E-state index contributed by atoms with van der Waals surface area (Å²) in [4.78, 5) is 89.0. The van der Waals surface area contributed by atoms with Gasteiger partial charge in [0.15, 0.2) is 0 Å². The Kier molecular flexibility index (Phi) is 12.2. The zero-order valence-electron chi connectivity index (χ0n) is 19.5. The Labute approximate surface area is 209 Å². The van der Waals surface area contributed by atoms with Crippen LogP contribution in [-0.4, -0.2) is 91.0 Å². The molecule has 1 aromatic rings. The van der Waals surface area contributed by atoms with E-state index >= 15 is 0 Å². The maximum absolute atomic E-state index is 12.8. The quantitative estimate of drug-likeness (QED) is 0.0950. The van der Waals surface area contributed by atoms with Crippen molar-refractivity contribution in [2.24, 2.45) is 11.5 Å². The van der Waals surface area contributed by atoms with Crippen molar-refractivity contribution in [3.63, 3.8) is 0 Å². The van der Waals surface area contributed by atoms with Gasteiger partial charge in [0.1, 0.15) is 18.1 Å². The maximum Gasteiger partial charge on any atom is 0.326 e. The molecule has 4 unspecified atom stereocenters. The second kappa shape index (κ2) is 14.8. The number of carboxylic acids is 3. The van der Waals surface area contributed by atoms with Crippen LogP contribution in [0.15, 0.2) is 12.5 Å². The standard InChI is InChI=1S/C20H29N7O10/c21-10(1-3-15(29)30)17(33)26-12(6-14(22)28)19(35)25-11(2-4-16(31)32)18(34)27-13(20(36)37)5-9-7-23-8-24-9/h7-8,10-13H,1-6,21H2,(H2,22,28)(H,23,24)(H,25,35)(H,26,33)(H,27,34)(H,29,30)(H,31,32)(H,36,37). The highest BCUT2D eigenvalue weighted by molar-refractivity contribution is 5.96. The highest BCUT2D eigenvalue weighted by Crippen LogP contribution is 2.05. The molecule has 17 heteroatoms. The summed E-state index contributed by atoms with van der Waals surface area (Å²) in [6.45, 7) is 0. The topological polar surface area (TPSA) is 297 Å². The Morgan fingerprint density at radius 2 is 1.38 bits per heavy atom. The van der Waals surface area contributed by atoms with Crippen molar-refractivity contribution in [1.29, 1.82) is 0 Å². The highest BCUT2D eigenvalue weighted by atomic mass is 16.4. The maximum atomic E-state index is 12.8. The van der Waals surface area contributed by atoms with Gasteiger partial charge in [0.2, 0.25) is 23.6 Å². The molecule has 0 aliphatic carbocycles. The first-order valence-corrected chi connectivity index (χ1v) is 10.9. The van der Waals surface area contributed by atoms with E-state index in [1.165, 1.54) is 12.5 Å². The van der Waals surface area contributed by atoms with E-state index in [0.29, 0.717) is 5.69 Å². The largest absolute Gasteiger partial charge is 0.481 e. The summed E-state index contributed by atoms with van der Waals surface area (Å²) in [5.74, 6) is -8.08. The molecule has 4 amide bonds. The number of rotatable bonds is 17. The monoisotopic (exact) mass is 527 g/mol. The summed E-state index contributed by atoms with van der Waals surface area (Å²) in [6, 6.07) is -6.02. The number of H-pyrrole nitrogens is 1. The summed E-state index contributed by atoms with van der Waals surface area (Å²) in [7, 11) is 0. The number of nitrogens with zero attached hydrogens (tertiary/aromatic N) is 1. The number of amides is 4. The fourth-order valence-corrected chi connectivity index (χ4v) is 3.00. The second-order valence-corrected chi connectivity index (χ2v) is 7.94. The third-order valence-corrected chi connectivity index (χ3v) is 4.92. The highest BCUT2D eigenvalue weighted by Gasteiger charge is 2.31. The van der Waals surface area contributed by atoms with Crippen LogP contribution in [0.1, 0.15) is 37.8 Å². The molecule has 0 aliphatic rings. The van der Waals surface area contributed by atoms with Gasteiger partial charge in [0.05, 0.1) is 18.8 Å². The van der Waals surface area contributed by atoms with Crippen LogP contribution in [0.4, 0.5) is 0 Å². The number of aromatic nitrogens is 2. The van der Waals surface area contributed by atoms with Crippen molar-refractivity contribution < 1.29 is 48.9 Å². The van der Waals surface area contributed by atoms with Crippen molar-refractivity contribution >= 4 is 41.5 Å². The van der Waals surface area contributed by atoms with Gasteiger partial charge in [-0.1, -0.05) is 0 Å². The predicted octanol–water partition coefficient (Wildman–Crippen LogP) is -3.58. The van der Waals surface area contributed by atoms with E-state index in [9.17, 15) is 38.7 Å². The number of aliphatic carboxylic acids is 3. The van der Waals surface area contributed by atoms with Crippen LogP contribution in [0.25, 0.3) is 0 Å². The summed E-state index contributed by atoms with van der Waals surface area (Å²) >= 11 is 0. The number of nitrogens with two attached hydrogens (primary N) is 2. The number of hydrogen-bond donors (Lipinski definition) is 9. The van der Waals surface area contributed by atoms with E-state index in [2.05, 4.69) is 25.9 Å². The molecule has 17 nitrogen and oxygen atoms in total. The van der Waals surface area contributed by atoms with E-state index < -0.39 is 91.4 Å². The van der Waals surface area contributed by atoms with Gasteiger partial charge < -0.3 is 47.7 Å². The molecule has 37 heavy (non-hydrogen) atoms. The number of carboxylic acid groups (broad SMARTS) is 3. The molecule has 11 N–H and O–H groups in total. The summed E-state index contributed by atoms with van der Waals surface area (Å²) in [5.41, 5.74) is 11.1. The molecule has 204 valence electrons. The van der Waals surface area contributed by atoms with Gasteiger partial charge in [-0.3, -0.25) is 28.8 Å². The van der Waals surface area contributed by atoms with E-state index in [-0.39, 0.29) is 12.8 Å². The van der Waals surface area contributed by atoms with E-state index in [1.807, 2.05) is 0 Å². The van der Waals surface area contributed by atoms with Crippen molar-refractivity contribution in [3.05, 3.63) is 18.2 Å². The molecular formula is C20H29N7O10. The molecule has 0 bridgehead atoms. The lowest BCUT2D eigenvalue weighted by Gasteiger charge is -2.24. The average molecular weight is 527 g/mol. The number of imidazole rings is 1. The van der Waals surface area contributed by atoms with Crippen molar-refractivity contribution in [1.82, 2.24) is 25.9 Å². The van der Waals surface area contributed by atoms with Gasteiger partial charge in [-0.2, -0.15) is 0 Å². The Morgan fingerprint density at radius 1 is 0.838 bits per heavy atom. The Hall–Kier alpha value is -4.54. The van der Waals surface area contributed by atoms with E-state index in [0.717, 1.165) is 0 Å². The lowest BCUT2D eigenvalue weighted by atomic mass is 10.1. The molecule has 0 aromatic carbocycles. The lowest BCUT2D eigenvalue weighted by Crippen LogP contribution is -2.58. The smallest absolute Gasteiger partial charge is 0.326 e. The SMILES string of the molecule is NC(=O)CC(NC(=O)C(N)CCC(=O)O)C(=O)NC(CCC(=O)O)C(=O)NC(Cc1cnc[nH]1)C(=O)O. The first kappa shape index (κ1) is 30.5. The summed E-state index contributed by atoms with van der Waals surface area (Å²) in [6.07, 6.45) is -0.0626. The molecule has 0 spiro atoms. The summed E-state index contributed by atoms with van der Waals surface area (Å²) in [5, 5.41) is 33.7. The first-order chi connectivity index (χ1) is 17.3. The first-order valence-electron chi connectivity index (χ1n) is 10.9. The fourth-order valence-electron chi connectivity index (χ4n) is 3.00. The van der Waals surface area contributed by atoms with Crippen molar-refractivity contribution in [2.45, 2.75) is 62.7 Å². The molecule has 0 radical (unpaired) electrons. The second-order valence-electron chi connectivity index (χ2n) is 7.94. The molecule has 0 aliphatic heterocycles. The zero-order chi connectivity index (χ0) is 28.1. The number of aromatic amines is 1. The number of primary amides is 1. The van der Waals surface area contributed by atoms with Gasteiger partial charge in [-0.25, -0.2) is 9.78 Å². The lowest BCUT2D eigenvalue weighted by molar-refractivity contribution is -0.143. The van der Waals surface area contributed by atoms with Gasteiger partial charge in [0.25, 0.3) is 0 Å². The number of nitrogens with one attached hydrogen (secondary N) is 4. The normalized spacial score (nSPS) is 13.9. The van der Waals surface area contributed by atoms with Crippen LogP contribution >= 0.6 is 0 Å². The average Bonchev–Trinajstić information content (AvgIpc) is 3.31. The van der Waals surface area contributed by atoms with Gasteiger partial charge in [0, 0.05) is 31.2 Å². The fraction of sp³-hybridized carbons (Fsp3) is 0.500. The van der Waals surface area contributed by atoms with Crippen LogP contribution < -0.4 is 27.4 Å². The van der Waals surface area contributed by atoms with Crippen LogP contribution in [-0.2, 0) is 40.0 Å². The van der Waals surface area contributed by atoms with Crippen molar-refractivity contribution in [2.75, 3.05) is 0 Å². The van der Waals surface area contributed by atoms with E-state index in [1.54, 1.807) is 0 Å². The molecule has 4 atom stereocenters. The molecule has 0 saturated heterocycles. The minimum atomic E-state index is -1.64. The summed E-state index contributed by atoms with van der Waals surface area (Å²) < 4.78 is 0. The molecular weight excluding hydrogens is 498 g/mol. The molecule has 1 heterocycles. The van der Waals surface area contributed by atoms with Crippen molar-refractivity contribution in [3.8, 4) is 0 Å². The zero-order valence-corrected chi connectivity index (χ0v) is 19.5. The third kappa shape index (κ3) is 11.6. The van der Waals surface area contributed by atoms with Crippen LogP contribution in [0.5, 0.6) is 0 Å². The third-order valence-electron chi connectivity index (χ3n) is 4.92. The number of carbonyl (C=O) groups excluding carboxylic acids is 4. The van der Waals surface area contributed by atoms with Crippen LogP contribution in [0.2, 0.25) is 0 Å². The Balaban J connectivity index is 3.00. The van der Waals surface area contributed by atoms with Gasteiger partial charge in [-0.05, 0) is 12.8 Å². The molecule has 1 rings (SSSR count). The minimum Gasteiger partial charge on any atom is -0.481 e. The molecule has 0 saturated carbocycles.